The molecular weight excluding hydrogens is 236 g/mol. The minimum absolute atomic E-state index is 0.0750. The van der Waals surface area contributed by atoms with Crippen molar-refractivity contribution >= 4 is 11.6 Å². The van der Waals surface area contributed by atoms with Gasteiger partial charge in [0.05, 0.1) is 7.11 Å². The van der Waals surface area contributed by atoms with Gasteiger partial charge in [0.1, 0.15) is 5.75 Å². The number of hydrazine groups is 1. The zero-order valence-corrected chi connectivity index (χ0v) is 11.4. The summed E-state index contributed by atoms with van der Waals surface area (Å²) in [4.78, 5) is 0. The SMILES string of the molecule is COc1ccc(Cl)cc1C(CCC(C)C)NN. The van der Waals surface area contributed by atoms with Crippen LogP contribution in [0.3, 0.4) is 0 Å². The zero-order valence-electron chi connectivity index (χ0n) is 10.7. The Balaban J connectivity index is 2.89. The van der Waals surface area contributed by atoms with Gasteiger partial charge in [-0.1, -0.05) is 25.4 Å². The highest BCUT2D eigenvalue weighted by Crippen LogP contribution is 2.31. The molecule has 0 aliphatic heterocycles. The van der Waals surface area contributed by atoms with Crippen LogP contribution in [0, 0.1) is 5.92 Å². The molecule has 1 aromatic rings. The lowest BCUT2D eigenvalue weighted by atomic mass is 9.97. The molecule has 4 heteroatoms. The van der Waals surface area contributed by atoms with Crippen LogP contribution in [-0.2, 0) is 0 Å². The molecule has 0 saturated heterocycles. The van der Waals surface area contributed by atoms with Crippen molar-refractivity contribution in [2.75, 3.05) is 7.11 Å². The first-order valence-electron chi connectivity index (χ1n) is 5.88. The van der Waals surface area contributed by atoms with E-state index in [1.165, 1.54) is 0 Å². The average Bonchev–Trinajstić information content (AvgIpc) is 2.30. The molecule has 0 fully saturated rings. The average molecular weight is 257 g/mol. The molecule has 0 bridgehead atoms. The Morgan fingerprint density at radius 2 is 2.06 bits per heavy atom. The molecular formula is C13H21ClN2O. The van der Waals surface area contributed by atoms with Crippen molar-refractivity contribution < 1.29 is 4.74 Å². The van der Waals surface area contributed by atoms with Gasteiger partial charge in [-0.05, 0) is 37.0 Å². The van der Waals surface area contributed by atoms with Crippen LogP contribution in [0.2, 0.25) is 5.02 Å². The number of benzene rings is 1. The first kappa shape index (κ1) is 14.3. The molecule has 0 radical (unpaired) electrons. The number of rotatable bonds is 6. The molecule has 0 spiro atoms. The lowest BCUT2D eigenvalue weighted by Gasteiger charge is -2.20. The Hall–Kier alpha value is -0.770. The third-order valence-electron chi connectivity index (χ3n) is 2.80. The molecule has 0 amide bonds. The summed E-state index contributed by atoms with van der Waals surface area (Å²) < 4.78 is 5.34. The van der Waals surface area contributed by atoms with Gasteiger partial charge in [0, 0.05) is 16.6 Å². The molecule has 0 aliphatic carbocycles. The van der Waals surface area contributed by atoms with E-state index in [-0.39, 0.29) is 6.04 Å². The van der Waals surface area contributed by atoms with E-state index in [0.29, 0.717) is 10.9 Å². The van der Waals surface area contributed by atoms with Crippen molar-refractivity contribution in [2.45, 2.75) is 32.7 Å². The number of nitrogens with two attached hydrogens (primary N) is 1. The van der Waals surface area contributed by atoms with Crippen LogP contribution in [0.15, 0.2) is 18.2 Å². The van der Waals surface area contributed by atoms with Gasteiger partial charge in [0.15, 0.2) is 0 Å². The summed E-state index contributed by atoms with van der Waals surface area (Å²) in [5.41, 5.74) is 3.85. The number of ether oxygens (including phenoxy) is 1. The van der Waals surface area contributed by atoms with E-state index in [0.717, 1.165) is 24.2 Å². The Labute approximate surface area is 108 Å². The minimum atomic E-state index is 0.0750. The monoisotopic (exact) mass is 256 g/mol. The summed E-state index contributed by atoms with van der Waals surface area (Å²) in [5.74, 6) is 7.09. The van der Waals surface area contributed by atoms with Gasteiger partial charge in [-0.2, -0.15) is 0 Å². The summed E-state index contributed by atoms with van der Waals surface area (Å²) in [6.07, 6.45) is 2.06. The number of hydrogen-bond acceptors (Lipinski definition) is 3. The van der Waals surface area contributed by atoms with Gasteiger partial charge < -0.3 is 4.74 Å². The van der Waals surface area contributed by atoms with Crippen LogP contribution in [0.1, 0.15) is 38.3 Å². The number of methoxy groups -OCH3 is 1. The van der Waals surface area contributed by atoms with E-state index in [4.69, 9.17) is 22.2 Å². The molecule has 96 valence electrons. The molecule has 1 atom stereocenters. The predicted octanol–water partition coefficient (Wildman–Crippen LogP) is 3.29. The second-order valence-corrected chi connectivity index (χ2v) is 5.01. The molecule has 3 nitrogen and oxygen atoms in total. The normalized spacial score (nSPS) is 12.8. The molecule has 0 aliphatic rings. The quantitative estimate of drug-likeness (QED) is 0.607. The lowest BCUT2D eigenvalue weighted by molar-refractivity contribution is 0.388. The maximum atomic E-state index is 6.01. The van der Waals surface area contributed by atoms with Crippen LogP contribution in [0.5, 0.6) is 5.75 Å². The Morgan fingerprint density at radius 3 is 2.59 bits per heavy atom. The van der Waals surface area contributed by atoms with Gasteiger partial charge in [-0.25, -0.2) is 0 Å². The van der Waals surface area contributed by atoms with E-state index in [1.807, 2.05) is 18.2 Å². The van der Waals surface area contributed by atoms with Gasteiger partial charge >= 0.3 is 0 Å². The van der Waals surface area contributed by atoms with Crippen molar-refractivity contribution in [2.24, 2.45) is 11.8 Å². The van der Waals surface area contributed by atoms with Crippen molar-refractivity contribution in [3.05, 3.63) is 28.8 Å². The molecule has 0 aromatic heterocycles. The summed E-state index contributed by atoms with van der Waals surface area (Å²) in [7, 11) is 1.66. The fourth-order valence-electron chi connectivity index (χ4n) is 1.81. The van der Waals surface area contributed by atoms with Gasteiger partial charge in [-0.15, -0.1) is 0 Å². The van der Waals surface area contributed by atoms with E-state index in [2.05, 4.69) is 19.3 Å². The number of nitrogens with one attached hydrogen (secondary N) is 1. The predicted molar refractivity (Wildman–Crippen MR) is 72.1 cm³/mol. The Morgan fingerprint density at radius 1 is 1.35 bits per heavy atom. The highest BCUT2D eigenvalue weighted by atomic mass is 35.5. The Kier molecular flexibility index (Phi) is 5.75. The van der Waals surface area contributed by atoms with E-state index >= 15 is 0 Å². The third-order valence-corrected chi connectivity index (χ3v) is 3.04. The Bertz CT molecular complexity index is 355. The molecule has 1 unspecified atom stereocenters. The molecule has 17 heavy (non-hydrogen) atoms. The maximum Gasteiger partial charge on any atom is 0.123 e. The maximum absolute atomic E-state index is 6.01. The second-order valence-electron chi connectivity index (χ2n) is 4.58. The van der Waals surface area contributed by atoms with E-state index in [9.17, 15) is 0 Å². The van der Waals surface area contributed by atoms with Crippen molar-refractivity contribution in [3.8, 4) is 5.75 Å². The summed E-state index contributed by atoms with van der Waals surface area (Å²) >= 11 is 6.01. The van der Waals surface area contributed by atoms with Gasteiger partial charge in [-0.3, -0.25) is 11.3 Å². The largest absolute Gasteiger partial charge is 0.496 e. The minimum Gasteiger partial charge on any atom is -0.496 e. The van der Waals surface area contributed by atoms with Gasteiger partial charge in [0.2, 0.25) is 0 Å². The zero-order chi connectivity index (χ0) is 12.8. The van der Waals surface area contributed by atoms with Crippen LogP contribution in [-0.4, -0.2) is 7.11 Å². The summed E-state index contributed by atoms with van der Waals surface area (Å²) in [5, 5.41) is 0.700. The third kappa shape index (κ3) is 4.19. The fourth-order valence-corrected chi connectivity index (χ4v) is 1.99. The van der Waals surface area contributed by atoms with Crippen molar-refractivity contribution in [1.29, 1.82) is 0 Å². The topological polar surface area (TPSA) is 47.3 Å². The fraction of sp³-hybridized carbons (Fsp3) is 0.538. The number of halogens is 1. The van der Waals surface area contributed by atoms with E-state index < -0.39 is 0 Å². The first-order chi connectivity index (χ1) is 8.08. The highest BCUT2D eigenvalue weighted by Gasteiger charge is 2.15. The van der Waals surface area contributed by atoms with Crippen molar-refractivity contribution in [3.63, 3.8) is 0 Å². The summed E-state index contributed by atoms with van der Waals surface area (Å²) in [6, 6.07) is 5.67. The number of hydrogen-bond donors (Lipinski definition) is 2. The second kappa shape index (κ2) is 6.84. The standard InChI is InChI=1S/C13H21ClN2O/c1-9(2)4-6-12(16-15)11-8-10(14)5-7-13(11)17-3/h5,7-9,12,16H,4,6,15H2,1-3H3. The smallest absolute Gasteiger partial charge is 0.123 e. The van der Waals surface area contributed by atoms with Crippen LogP contribution >= 0.6 is 11.6 Å². The summed E-state index contributed by atoms with van der Waals surface area (Å²) in [6.45, 7) is 4.39. The van der Waals surface area contributed by atoms with Crippen LogP contribution in [0.25, 0.3) is 0 Å². The molecule has 0 heterocycles. The van der Waals surface area contributed by atoms with E-state index in [1.54, 1.807) is 7.11 Å². The van der Waals surface area contributed by atoms with Gasteiger partial charge in [0.25, 0.3) is 0 Å². The molecule has 0 saturated carbocycles. The van der Waals surface area contributed by atoms with Crippen molar-refractivity contribution in [1.82, 2.24) is 5.43 Å². The lowest BCUT2D eigenvalue weighted by Crippen LogP contribution is -2.28. The molecule has 1 rings (SSSR count). The molecule has 3 N–H and O–H groups in total. The highest BCUT2D eigenvalue weighted by molar-refractivity contribution is 6.30. The van der Waals surface area contributed by atoms with Crippen LogP contribution < -0.4 is 16.0 Å². The first-order valence-corrected chi connectivity index (χ1v) is 6.25. The molecule has 1 aromatic carbocycles. The van der Waals surface area contributed by atoms with Crippen LogP contribution in [0.4, 0.5) is 0 Å².